The van der Waals surface area contributed by atoms with E-state index in [4.69, 9.17) is 21.4 Å². The van der Waals surface area contributed by atoms with Crippen molar-refractivity contribution >= 4 is 33.6 Å². The first-order chi connectivity index (χ1) is 8.97. The molecule has 0 radical (unpaired) electrons. The van der Waals surface area contributed by atoms with Crippen molar-refractivity contribution in [2.75, 3.05) is 19.7 Å². The highest BCUT2D eigenvalue weighted by Crippen LogP contribution is 2.27. The smallest absolute Gasteiger partial charge is 0.407 e. The van der Waals surface area contributed by atoms with Gasteiger partial charge in [-0.25, -0.2) is 4.79 Å². The Bertz CT molecular complexity index is 472. The number of hydrogen-bond acceptors (Lipinski definition) is 2. The van der Waals surface area contributed by atoms with E-state index in [0.717, 1.165) is 15.6 Å². The highest BCUT2D eigenvalue weighted by molar-refractivity contribution is 9.10. The molecule has 0 aliphatic carbocycles. The molecule has 104 valence electrons. The van der Waals surface area contributed by atoms with Crippen LogP contribution in [0.5, 0.6) is 0 Å². The molecule has 0 spiro atoms. The van der Waals surface area contributed by atoms with E-state index in [1.54, 1.807) is 0 Å². The normalized spacial score (nSPS) is 19.5. The summed E-state index contributed by atoms with van der Waals surface area (Å²) in [6.07, 6.45) is -0.325. The minimum atomic E-state index is -0.889. The van der Waals surface area contributed by atoms with Crippen LogP contribution in [0.25, 0.3) is 0 Å². The molecule has 19 heavy (non-hydrogen) atoms. The van der Waals surface area contributed by atoms with E-state index in [2.05, 4.69) is 15.9 Å². The van der Waals surface area contributed by atoms with Crippen LogP contribution in [-0.4, -0.2) is 41.9 Å². The standard InChI is InChI=1S/C13H15BrClNO3/c1-8-4-9(15)5-12(14)11(8)6-10-7-16(13(17)18)2-3-19-10/h4-5,10H,2-3,6-7H2,1H3,(H,17,18). The number of amides is 1. The van der Waals surface area contributed by atoms with Crippen molar-refractivity contribution in [2.45, 2.75) is 19.4 Å². The summed E-state index contributed by atoms with van der Waals surface area (Å²) in [6, 6.07) is 3.75. The average molecular weight is 349 g/mol. The lowest BCUT2D eigenvalue weighted by molar-refractivity contribution is -0.0211. The van der Waals surface area contributed by atoms with Gasteiger partial charge in [-0.2, -0.15) is 0 Å². The second-order valence-corrected chi connectivity index (χ2v) is 5.90. The Labute approximate surface area is 125 Å². The SMILES string of the molecule is Cc1cc(Cl)cc(Br)c1CC1CN(C(=O)O)CCO1. The minimum Gasteiger partial charge on any atom is -0.465 e. The number of nitrogens with zero attached hydrogens (tertiary/aromatic N) is 1. The van der Waals surface area contributed by atoms with Crippen LogP contribution in [0.4, 0.5) is 4.79 Å². The number of hydrogen-bond donors (Lipinski definition) is 1. The molecule has 1 atom stereocenters. The van der Waals surface area contributed by atoms with Crippen LogP contribution in [0, 0.1) is 6.92 Å². The predicted molar refractivity (Wildman–Crippen MR) is 76.9 cm³/mol. The number of aryl methyl sites for hydroxylation is 1. The molecular formula is C13H15BrClNO3. The maximum Gasteiger partial charge on any atom is 0.407 e. The maximum atomic E-state index is 11.0. The molecule has 0 saturated carbocycles. The quantitative estimate of drug-likeness (QED) is 0.892. The van der Waals surface area contributed by atoms with Crippen LogP contribution in [0.2, 0.25) is 5.02 Å². The Kier molecular flexibility index (Phi) is 4.71. The van der Waals surface area contributed by atoms with Crippen LogP contribution in [-0.2, 0) is 11.2 Å². The first-order valence-corrected chi connectivity index (χ1v) is 7.18. The van der Waals surface area contributed by atoms with Gasteiger partial charge in [-0.05, 0) is 30.2 Å². The van der Waals surface area contributed by atoms with E-state index in [0.29, 0.717) is 31.1 Å². The van der Waals surface area contributed by atoms with Gasteiger partial charge in [0.25, 0.3) is 0 Å². The van der Waals surface area contributed by atoms with Gasteiger partial charge >= 0.3 is 6.09 Å². The molecule has 2 rings (SSSR count). The zero-order valence-corrected chi connectivity index (χ0v) is 12.9. The number of ether oxygens (including phenoxy) is 1. The van der Waals surface area contributed by atoms with Crippen molar-refractivity contribution < 1.29 is 14.6 Å². The molecule has 1 aliphatic heterocycles. The average Bonchev–Trinajstić information content (AvgIpc) is 2.34. The lowest BCUT2D eigenvalue weighted by atomic mass is 10.0. The van der Waals surface area contributed by atoms with Gasteiger partial charge in [0.05, 0.1) is 19.3 Å². The number of rotatable bonds is 2. The van der Waals surface area contributed by atoms with Crippen LogP contribution in [0.15, 0.2) is 16.6 Å². The second kappa shape index (κ2) is 6.11. The number of carboxylic acid groups (broad SMARTS) is 1. The van der Waals surface area contributed by atoms with Crippen molar-refractivity contribution in [2.24, 2.45) is 0 Å². The van der Waals surface area contributed by atoms with Crippen molar-refractivity contribution in [1.29, 1.82) is 0 Å². The van der Waals surface area contributed by atoms with E-state index in [-0.39, 0.29) is 6.10 Å². The Morgan fingerprint density at radius 1 is 1.63 bits per heavy atom. The van der Waals surface area contributed by atoms with Gasteiger partial charge in [-0.1, -0.05) is 27.5 Å². The van der Waals surface area contributed by atoms with Crippen molar-refractivity contribution in [3.8, 4) is 0 Å². The fourth-order valence-corrected chi connectivity index (χ4v) is 3.36. The molecule has 1 aromatic rings. The van der Waals surface area contributed by atoms with Crippen LogP contribution >= 0.6 is 27.5 Å². The zero-order valence-electron chi connectivity index (χ0n) is 10.5. The van der Waals surface area contributed by atoms with Crippen LogP contribution < -0.4 is 0 Å². The molecule has 1 saturated heterocycles. The van der Waals surface area contributed by atoms with E-state index in [9.17, 15) is 4.79 Å². The highest BCUT2D eigenvalue weighted by atomic mass is 79.9. The van der Waals surface area contributed by atoms with Gasteiger partial charge in [0.2, 0.25) is 0 Å². The first kappa shape index (κ1) is 14.6. The summed E-state index contributed by atoms with van der Waals surface area (Å²) in [4.78, 5) is 12.4. The summed E-state index contributed by atoms with van der Waals surface area (Å²) in [5.74, 6) is 0. The molecule has 0 aromatic heterocycles. The number of halogens is 2. The molecule has 1 fully saturated rings. The molecule has 1 N–H and O–H groups in total. The first-order valence-electron chi connectivity index (χ1n) is 6.01. The Morgan fingerprint density at radius 2 is 2.37 bits per heavy atom. The second-order valence-electron chi connectivity index (χ2n) is 4.61. The zero-order chi connectivity index (χ0) is 14.0. The molecule has 6 heteroatoms. The van der Waals surface area contributed by atoms with Crippen molar-refractivity contribution in [1.82, 2.24) is 4.90 Å². The Morgan fingerprint density at radius 3 is 3.00 bits per heavy atom. The summed E-state index contributed by atoms with van der Waals surface area (Å²) in [5.41, 5.74) is 2.19. The molecule has 1 amide bonds. The van der Waals surface area contributed by atoms with Gasteiger partial charge < -0.3 is 14.7 Å². The monoisotopic (exact) mass is 347 g/mol. The molecule has 1 heterocycles. The molecule has 1 unspecified atom stereocenters. The van der Waals surface area contributed by atoms with E-state index in [1.165, 1.54) is 4.90 Å². The summed E-state index contributed by atoms with van der Waals surface area (Å²) in [6.45, 7) is 3.28. The third kappa shape index (κ3) is 3.61. The van der Waals surface area contributed by atoms with E-state index >= 15 is 0 Å². The molecule has 1 aromatic carbocycles. The molecule has 4 nitrogen and oxygen atoms in total. The Balaban J connectivity index is 2.11. The van der Waals surface area contributed by atoms with Gasteiger partial charge in [0.15, 0.2) is 0 Å². The van der Waals surface area contributed by atoms with Crippen LogP contribution in [0.3, 0.4) is 0 Å². The van der Waals surface area contributed by atoms with Gasteiger partial charge in [-0.15, -0.1) is 0 Å². The lowest BCUT2D eigenvalue weighted by Crippen LogP contribution is -2.45. The molecular weight excluding hydrogens is 334 g/mol. The molecule has 1 aliphatic rings. The van der Waals surface area contributed by atoms with Crippen molar-refractivity contribution in [3.63, 3.8) is 0 Å². The van der Waals surface area contributed by atoms with E-state index < -0.39 is 6.09 Å². The third-order valence-electron chi connectivity index (χ3n) is 3.22. The van der Waals surface area contributed by atoms with Crippen LogP contribution in [0.1, 0.15) is 11.1 Å². The summed E-state index contributed by atoms with van der Waals surface area (Å²) < 4.78 is 6.58. The predicted octanol–water partition coefficient (Wildman–Crippen LogP) is 3.33. The lowest BCUT2D eigenvalue weighted by Gasteiger charge is -2.31. The number of morpholine rings is 1. The summed E-state index contributed by atoms with van der Waals surface area (Å²) in [7, 11) is 0. The van der Waals surface area contributed by atoms with Gasteiger partial charge in [0.1, 0.15) is 0 Å². The highest BCUT2D eigenvalue weighted by Gasteiger charge is 2.25. The van der Waals surface area contributed by atoms with Crippen molar-refractivity contribution in [3.05, 3.63) is 32.8 Å². The fraction of sp³-hybridized carbons (Fsp3) is 0.462. The largest absolute Gasteiger partial charge is 0.465 e. The maximum absolute atomic E-state index is 11.0. The Hall–Kier alpha value is -0.780. The van der Waals surface area contributed by atoms with E-state index in [1.807, 2.05) is 19.1 Å². The molecule has 0 bridgehead atoms. The number of carbonyl (C=O) groups is 1. The fourth-order valence-electron chi connectivity index (χ4n) is 2.23. The third-order valence-corrected chi connectivity index (χ3v) is 4.15. The van der Waals surface area contributed by atoms with Gasteiger partial charge in [0, 0.05) is 22.5 Å². The van der Waals surface area contributed by atoms with Gasteiger partial charge in [-0.3, -0.25) is 0 Å². The summed E-state index contributed by atoms with van der Waals surface area (Å²) >= 11 is 9.48. The minimum absolute atomic E-state index is 0.110. The topological polar surface area (TPSA) is 49.8 Å². The number of benzene rings is 1. The summed E-state index contributed by atoms with van der Waals surface area (Å²) in [5, 5.41) is 9.70.